The van der Waals surface area contributed by atoms with E-state index in [-0.39, 0.29) is 29.4 Å². The number of likely N-dealkylation sites (tertiary alicyclic amines) is 1. The summed E-state index contributed by atoms with van der Waals surface area (Å²) in [6.07, 6.45) is 4.24. The maximum absolute atomic E-state index is 12.8. The van der Waals surface area contributed by atoms with Crippen molar-refractivity contribution < 1.29 is 9.59 Å². The number of hydrogen-bond donors (Lipinski definition) is 2. The van der Waals surface area contributed by atoms with Crippen LogP contribution in [0, 0.1) is 11.8 Å². The third-order valence-corrected chi connectivity index (χ3v) is 5.72. The Hall–Kier alpha value is -2.96. The average molecular weight is 379 g/mol. The van der Waals surface area contributed by atoms with Crippen molar-refractivity contribution in [2.45, 2.75) is 25.2 Å². The van der Waals surface area contributed by atoms with Crippen LogP contribution in [-0.2, 0) is 4.79 Å². The fourth-order valence-electron chi connectivity index (χ4n) is 3.96. The summed E-state index contributed by atoms with van der Waals surface area (Å²) in [5.74, 6) is 1.03. The van der Waals surface area contributed by atoms with Crippen LogP contribution in [0.5, 0.6) is 0 Å². The first-order valence-electron chi connectivity index (χ1n) is 9.82. The number of anilines is 1. The quantitative estimate of drug-likeness (QED) is 0.825. The molecular formula is C21H25N5O2. The number of nitrogens with one attached hydrogen (secondary N) is 1. The van der Waals surface area contributed by atoms with Gasteiger partial charge in [-0.25, -0.2) is 9.97 Å². The van der Waals surface area contributed by atoms with E-state index in [1.807, 2.05) is 23.1 Å². The number of nitrogen functional groups attached to an aromatic ring is 1. The summed E-state index contributed by atoms with van der Waals surface area (Å²) in [5.41, 5.74) is 7.06. The van der Waals surface area contributed by atoms with E-state index in [9.17, 15) is 9.59 Å². The summed E-state index contributed by atoms with van der Waals surface area (Å²) in [6.45, 7) is 2.11. The highest BCUT2D eigenvalue weighted by atomic mass is 16.2. The molecular weight excluding hydrogens is 354 g/mol. The molecule has 2 amide bonds. The highest BCUT2D eigenvalue weighted by molar-refractivity contribution is 5.92. The van der Waals surface area contributed by atoms with Gasteiger partial charge in [0.05, 0.1) is 0 Å². The minimum atomic E-state index is -0.240. The topological polar surface area (TPSA) is 101 Å². The number of amides is 2. The molecule has 0 radical (unpaired) electrons. The zero-order chi connectivity index (χ0) is 19.5. The minimum absolute atomic E-state index is 0.0911. The Kier molecular flexibility index (Phi) is 5.23. The van der Waals surface area contributed by atoms with Crippen molar-refractivity contribution in [3.8, 4) is 0 Å². The number of hydrogen-bond acceptors (Lipinski definition) is 5. The smallest absolute Gasteiger partial charge is 0.270 e. The van der Waals surface area contributed by atoms with Gasteiger partial charge in [0.25, 0.3) is 5.91 Å². The first kappa shape index (κ1) is 18.4. The van der Waals surface area contributed by atoms with Crippen molar-refractivity contribution in [2.75, 3.05) is 25.4 Å². The Morgan fingerprint density at radius 2 is 1.89 bits per heavy atom. The third-order valence-electron chi connectivity index (χ3n) is 5.72. The summed E-state index contributed by atoms with van der Waals surface area (Å²) in [7, 11) is 0. The Labute approximate surface area is 164 Å². The molecule has 1 saturated carbocycles. The molecule has 146 valence electrons. The van der Waals surface area contributed by atoms with E-state index in [0.717, 1.165) is 32.4 Å². The van der Waals surface area contributed by atoms with Gasteiger partial charge in [-0.3, -0.25) is 9.59 Å². The van der Waals surface area contributed by atoms with Gasteiger partial charge in [0, 0.05) is 31.7 Å². The number of aromatic nitrogens is 2. The van der Waals surface area contributed by atoms with Crippen molar-refractivity contribution in [3.63, 3.8) is 0 Å². The molecule has 2 aromatic rings. The largest absolute Gasteiger partial charge is 0.368 e. The molecule has 0 unspecified atom stereocenters. The monoisotopic (exact) mass is 379 g/mol. The zero-order valence-corrected chi connectivity index (χ0v) is 15.8. The maximum atomic E-state index is 12.8. The third kappa shape index (κ3) is 4.13. The van der Waals surface area contributed by atoms with Crippen LogP contribution in [0.4, 0.5) is 5.95 Å². The molecule has 2 aliphatic rings. The van der Waals surface area contributed by atoms with Gasteiger partial charge in [0.2, 0.25) is 11.9 Å². The Balaban J connectivity index is 1.22. The van der Waals surface area contributed by atoms with E-state index in [2.05, 4.69) is 27.4 Å². The minimum Gasteiger partial charge on any atom is -0.368 e. The van der Waals surface area contributed by atoms with Crippen molar-refractivity contribution in [2.24, 2.45) is 11.8 Å². The first-order valence-corrected chi connectivity index (χ1v) is 9.82. The molecule has 1 aliphatic heterocycles. The lowest BCUT2D eigenvalue weighted by molar-refractivity contribution is -0.134. The van der Waals surface area contributed by atoms with Crippen molar-refractivity contribution in [1.29, 1.82) is 0 Å². The van der Waals surface area contributed by atoms with Crippen LogP contribution in [0.1, 0.15) is 41.2 Å². The van der Waals surface area contributed by atoms with E-state index in [1.54, 1.807) is 6.07 Å². The van der Waals surface area contributed by atoms with Crippen molar-refractivity contribution >= 4 is 17.8 Å². The Morgan fingerprint density at radius 1 is 1.14 bits per heavy atom. The summed E-state index contributed by atoms with van der Waals surface area (Å²) in [5, 5.41) is 2.92. The van der Waals surface area contributed by atoms with Crippen LogP contribution in [0.3, 0.4) is 0 Å². The lowest BCUT2D eigenvalue weighted by Crippen LogP contribution is -2.42. The molecule has 7 nitrogen and oxygen atoms in total. The number of benzene rings is 1. The molecule has 1 aromatic heterocycles. The summed E-state index contributed by atoms with van der Waals surface area (Å²) in [6, 6.07) is 11.8. The molecule has 7 heteroatoms. The average Bonchev–Trinajstić information content (AvgIpc) is 3.53. The molecule has 28 heavy (non-hydrogen) atoms. The fraction of sp³-hybridized carbons (Fsp3) is 0.429. The first-order chi connectivity index (χ1) is 13.6. The van der Waals surface area contributed by atoms with Gasteiger partial charge in [-0.2, -0.15) is 0 Å². The fourth-order valence-corrected chi connectivity index (χ4v) is 3.96. The summed E-state index contributed by atoms with van der Waals surface area (Å²) < 4.78 is 0. The van der Waals surface area contributed by atoms with Crippen molar-refractivity contribution in [3.05, 3.63) is 53.9 Å². The highest BCUT2D eigenvalue weighted by Gasteiger charge is 2.46. The lowest BCUT2D eigenvalue weighted by Gasteiger charge is -2.32. The number of nitrogens with zero attached hydrogens (tertiary/aromatic N) is 3. The van der Waals surface area contributed by atoms with E-state index in [4.69, 9.17) is 5.73 Å². The lowest BCUT2D eigenvalue weighted by atomic mass is 9.96. The number of rotatable bonds is 5. The number of carbonyl (C=O) groups excluding carboxylic acids is 2. The van der Waals surface area contributed by atoms with Crippen molar-refractivity contribution in [1.82, 2.24) is 20.2 Å². The molecule has 1 aromatic carbocycles. The highest BCUT2D eigenvalue weighted by Crippen LogP contribution is 2.48. The van der Waals surface area contributed by atoms with Gasteiger partial charge in [0.1, 0.15) is 5.69 Å². The number of piperidine rings is 1. The molecule has 1 saturated heterocycles. The van der Waals surface area contributed by atoms with Gasteiger partial charge >= 0.3 is 0 Å². The second-order valence-electron chi connectivity index (χ2n) is 7.64. The Bertz CT molecular complexity index is 849. The molecule has 4 rings (SSSR count). The molecule has 2 atom stereocenters. The van der Waals surface area contributed by atoms with E-state index in [1.165, 1.54) is 11.8 Å². The number of carbonyl (C=O) groups is 2. The molecule has 3 N–H and O–H groups in total. The SMILES string of the molecule is Nc1nccc(C(=O)NCC2CCN(C(=O)[C@@H]3C[C@H]3c3ccccc3)CC2)n1. The summed E-state index contributed by atoms with van der Waals surface area (Å²) in [4.78, 5) is 34.6. The van der Waals surface area contributed by atoms with Crippen LogP contribution in [-0.4, -0.2) is 46.3 Å². The van der Waals surface area contributed by atoms with Crippen LogP contribution in [0.2, 0.25) is 0 Å². The van der Waals surface area contributed by atoms with Crippen LogP contribution in [0.15, 0.2) is 42.6 Å². The molecule has 0 bridgehead atoms. The van der Waals surface area contributed by atoms with Gasteiger partial charge < -0.3 is 16.0 Å². The number of nitrogens with two attached hydrogens (primary N) is 1. The predicted molar refractivity (Wildman–Crippen MR) is 105 cm³/mol. The molecule has 1 aliphatic carbocycles. The van der Waals surface area contributed by atoms with Gasteiger partial charge in [-0.05, 0) is 42.7 Å². The van der Waals surface area contributed by atoms with E-state index in [0.29, 0.717) is 18.4 Å². The molecule has 2 fully saturated rings. The van der Waals surface area contributed by atoms with Gasteiger partial charge in [-0.1, -0.05) is 30.3 Å². The molecule has 0 spiro atoms. The van der Waals surface area contributed by atoms with E-state index < -0.39 is 0 Å². The predicted octanol–water partition coefficient (Wildman–Crippen LogP) is 1.83. The van der Waals surface area contributed by atoms with Gasteiger partial charge in [0.15, 0.2) is 0 Å². The second kappa shape index (κ2) is 7.96. The normalized spacial score (nSPS) is 21.9. The summed E-state index contributed by atoms with van der Waals surface area (Å²) >= 11 is 0. The van der Waals surface area contributed by atoms with Crippen LogP contribution >= 0.6 is 0 Å². The van der Waals surface area contributed by atoms with Crippen LogP contribution < -0.4 is 11.1 Å². The molecule has 2 heterocycles. The van der Waals surface area contributed by atoms with Crippen LogP contribution in [0.25, 0.3) is 0 Å². The standard InChI is InChI=1S/C21H25N5O2/c22-21-23-9-6-18(25-21)19(27)24-13-14-7-10-26(11-8-14)20(28)17-12-16(17)15-4-2-1-3-5-15/h1-6,9,14,16-17H,7-8,10-13H2,(H,24,27)(H2,22,23,25)/t16-,17+/m0/s1. The second-order valence-corrected chi connectivity index (χ2v) is 7.64. The Morgan fingerprint density at radius 3 is 2.61 bits per heavy atom. The van der Waals surface area contributed by atoms with E-state index >= 15 is 0 Å². The zero-order valence-electron chi connectivity index (χ0n) is 15.8. The maximum Gasteiger partial charge on any atom is 0.270 e. The van der Waals surface area contributed by atoms with Gasteiger partial charge in [-0.15, -0.1) is 0 Å².